The Labute approximate surface area is 107 Å². The maximum atomic E-state index is 6.09. The molecule has 1 N–H and O–H groups in total. The summed E-state index contributed by atoms with van der Waals surface area (Å²) < 4.78 is 0. The summed E-state index contributed by atoms with van der Waals surface area (Å²) >= 11 is 12.2. The molecule has 3 heteroatoms. The topological polar surface area (TPSA) is 12.0 Å². The molecule has 1 aliphatic rings. The first kappa shape index (κ1) is 12.2. The van der Waals surface area contributed by atoms with Crippen LogP contribution in [0.3, 0.4) is 0 Å². The molecule has 0 amide bonds. The van der Waals surface area contributed by atoms with E-state index in [0.29, 0.717) is 5.41 Å². The lowest BCUT2D eigenvalue weighted by Gasteiger charge is -2.09. The molecule has 0 saturated heterocycles. The van der Waals surface area contributed by atoms with Crippen LogP contribution in [0.2, 0.25) is 10.0 Å². The first-order chi connectivity index (χ1) is 7.50. The van der Waals surface area contributed by atoms with E-state index >= 15 is 0 Å². The van der Waals surface area contributed by atoms with Gasteiger partial charge in [-0.2, -0.15) is 0 Å². The molecule has 1 fully saturated rings. The third-order valence-corrected chi connectivity index (χ3v) is 4.18. The molecule has 16 heavy (non-hydrogen) atoms. The zero-order valence-corrected chi connectivity index (χ0v) is 11.2. The third-order valence-electron chi connectivity index (χ3n) is 3.47. The van der Waals surface area contributed by atoms with Gasteiger partial charge in [-0.25, -0.2) is 0 Å². The van der Waals surface area contributed by atoms with Gasteiger partial charge in [0.25, 0.3) is 0 Å². The van der Waals surface area contributed by atoms with Crippen LogP contribution in [0.4, 0.5) is 0 Å². The Morgan fingerprint density at radius 2 is 1.88 bits per heavy atom. The van der Waals surface area contributed by atoms with Crippen LogP contribution in [0.25, 0.3) is 0 Å². The van der Waals surface area contributed by atoms with Gasteiger partial charge in [0.2, 0.25) is 0 Å². The van der Waals surface area contributed by atoms with E-state index in [2.05, 4.69) is 19.2 Å². The fourth-order valence-corrected chi connectivity index (χ4v) is 2.53. The maximum absolute atomic E-state index is 6.09. The van der Waals surface area contributed by atoms with Crippen LogP contribution in [0, 0.1) is 11.3 Å². The molecule has 0 radical (unpaired) electrons. The van der Waals surface area contributed by atoms with Gasteiger partial charge in [-0.1, -0.05) is 43.1 Å². The number of nitrogens with one attached hydrogen (secondary N) is 1. The minimum absolute atomic E-state index is 0.525. The molecule has 1 aromatic rings. The van der Waals surface area contributed by atoms with E-state index in [1.54, 1.807) is 0 Å². The second-order valence-electron chi connectivity index (χ2n) is 5.22. The molecule has 0 spiro atoms. The van der Waals surface area contributed by atoms with E-state index in [1.807, 2.05) is 18.2 Å². The maximum Gasteiger partial charge on any atom is 0.0465 e. The third kappa shape index (κ3) is 2.71. The van der Waals surface area contributed by atoms with Crippen molar-refractivity contribution < 1.29 is 0 Å². The first-order valence-electron chi connectivity index (χ1n) is 5.64. The standard InChI is InChI=1S/C13H17Cl2N/c1-13(2)6-9(13)7-16-8-10-11(14)4-3-5-12(10)15/h3-5,9,16H,6-8H2,1-2H3. The average molecular weight is 258 g/mol. The fourth-order valence-electron chi connectivity index (χ4n) is 2.00. The monoisotopic (exact) mass is 257 g/mol. The quantitative estimate of drug-likeness (QED) is 0.856. The largest absolute Gasteiger partial charge is 0.312 e. The van der Waals surface area contributed by atoms with Gasteiger partial charge in [-0.15, -0.1) is 0 Å². The van der Waals surface area contributed by atoms with Gasteiger partial charge >= 0.3 is 0 Å². The van der Waals surface area contributed by atoms with E-state index in [-0.39, 0.29) is 0 Å². The van der Waals surface area contributed by atoms with Crippen LogP contribution < -0.4 is 5.32 Å². The molecule has 0 heterocycles. The van der Waals surface area contributed by atoms with E-state index in [4.69, 9.17) is 23.2 Å². The van der Waals surface area contributed by atoms with E-state index in [1.165, 1.54) is 6.42 Å². The Bertz CT molecular complexity index is 367. The van der Waals surface area contributed by atoms with E-state index in [9.17, 15) is 0 Å². The van der Waals surface area contributed by atoms with Gasteiger partial charge in [0.05, 0.1) is 0 Å². The molecule has 1 aromatic carbocycles. The van der Waals surface area contributed by atoms with Crippen LogP contribution >= 0.6 is 23.2 Å². The SMILES string of the molecule is CC1(C)CC1CNCc1c(Cl)cccc1Cl. The summed E-state index contributed by atoms with van der Waals surface area (Å²) in [6.45, 7) is 6.42. The van der Waals surface area contributed by atoms with Crippen molar-refractivity contribution in [3.05, 3.63) is 33.8 Å². The molecule has 0 aromatic heterocycles. The van der Waals surface area contributed by atoms with E-state index in [0.717, 1.165) is 34.6 Å². The smallest absolute Gasteiger partial charge is 0.0465 e. The van der Waals surface area contributed by atoms with Crippen molar-refractivity contribution in [2.45, 2.75) is 26.8 Å². The van der Waals surface area contributed by atoms with Crippen LogP contribution in [-0.2, 0) is 6.54 Å². The zero-order chi connectivity index (χ0) is 11.8. The Kier molecular flexibility index (Phi) is 3.48. The Hall–Kier alpha value is -0.240. The summed E-state index contributed by atoms with van der Waals surface area (Å²) in [6, 6.07) is 5.63. The fraction of sp³-hybridized carbons (Fsp3) is 0.538. The van der Waals surface area contributed by atoms with Crippen molar-refractivity contribution in [3.8, 4) is 0 Å². The van der Waals surface area contributed by atoms with Gasteiger partial charge in [0.1, 0.15) is 0 Å². The number of halogens is 2. The van der Waals surface area contributed by atoms with Gasteiger partial charge < -0.3 is 5.32 Å². The molecule has 2 rings (SSSR count). The Balaban J connectivity index is 1.86. The minimum atomic E-state index is 0.525. The van der Waals surface area contributed by atoms with Gasteiger partial charge in [0, 0.05) is 22.2 Å². The van der Waals surface area contributed by atoms with Crippen molar-refractivity contribution in [2.75, 3.05) is 6.54 Å². The highest BCUT2D eigenvalue weighted by molar-refractivity contribution is 6.35. The summed E-state index contributed by atoms with van der Waals surface area (Å²) in [7, 11) is 0. The molecule has 1 unspecified atom stereocenters. The number of benzene rings is 1. The molecule has 0 aliphatic heterocycles. The molecule has 1 aliphatic carbocycles. The van der Waals surface area contributed by atoms with Crippen LogP contribution in [0.5, 0.6) is 0 Å². The lowest BCUT2D eigenvalue weighted by Crippen LogP contribution is -2.18. The number of hydrogen-bond acceptors (Lipinski definition) is 1. The first-order valence-corrected chi connectivity index (χ1v) is 6.40. The highest BCUT2D eigenvalue weighted by Crippen LogP contribution is 2.51. The average Bonchev–Trinajstić information content (AvgIpc) is 2.79. The van der Waals surface area contributed by atoms with E-state index < -0.39 is 0 Å². The van der Waals surface area contributed by atoms with Gasteiger partial charge in [-0.05, 0) is 36.4 Å². The summed E-state index contributed by atoms with van der Waals surface area (Å²) in [5, 5.41) is 4.92. The van der Waals surface area contributed by atoms with Crippen LogP contribution in [0.15, 0.2) is 18.2 Å². The summed E-state index contributed by atoms with van der Waals surface area (Å²) in [6.07, 6.45) is 1.32. The zero-order valence-electron chi connectivity index (χ0n) is 9.69. The van der Waals surface area contributed by atoms with Crippen LogP contribution in [0.1, 0.15) is 25.8 Å². The summed E-state index contributed by atoms with van der Waals surface area (Å²) in [5.41, 5.74) is 1.53. The molecule has 0 bridgehead atoms. The molecular formula is C13H17Cl2N. The second-order valence-corrected chi connectivity index (χ2v) is 6.04. The van der Waals surface area contributed by atoms with Crippen LogP contribution in [-0.4, -0.2) is 6.54 Å². The lowest BCUT2D eigenvalue weighted by molar-refractivity contribution is 0.519. The number of hydrogen-bond donors (Lipinski definition) is 1. The Morgan fingerprint density at radius 3 is 2.38 bits per heavy atom. The Morgan fingerprint density at radius 1 is 1.31 bits per heavy atom. The molecule has 88 valence electrons. The summed E-state index contributed by atoms with van der Waals surface area (Å²) in [4.78, 5) is 0. The molecule has 1 nitrogen and oxygen atoms in total. The molecular weight excluding hydrogens is 241 g/mol. The van der Waals surface area contributed by atoms with Crippen molar-refractivity contribution in [1.29, 1.82) is 0 Å². The van der Waals surface area contributed by atoms with Gasteiger partial charge in [0.15, 0.2) is 0 Å². The molecule has 1 atom stereocenters. The van der Waals surface area contributed by atoms with Crippen molar-refractivity contribution in [1.82, 2.24) is 5.32 Å². The second kappa shape index (κ2) is 4.56. The van der Waals surface area contributed by atoms with Crippen molar-refractivity contribution in [2.24, 2.45) is 11.3 Å². The summed E-state index contributed by atoms with van der Waals surface area (Å²) in [5.74, 6) is 0.800. The molecule has 1 saturated carbocycles. The van der Waals surface area contributed by atoms with Gasteiger partial charge in [-0.3, -0.25) is 0 Å². The highest BCUT2D eigenvalue weighted by Gasteiger charge is 2.44. The lowest BCUT2D eigenvalue weighted by atomic mass is 10.1. The highest BCUT2D eigenvalue weighted by atomic mass is 35.5. The predicted molar refractivity (Wildman–Crippen MR) is 70.1 cm³/mol. The normalized spacial score (nSPS) is 22.1. The van der Waals surface area contributed by atoms with Crippen molar-refractivity contribution >= 4 is 23.2 Å². The predicted octanol–water partition coefficient (Wildman–Crippen LogP) is 4.13. The van der Waals surface area contributed by atoms with Crippen molar-refractivity contribution in [3.63, 3.8) is 0 Å². The minimum Gasteiger partial charge on any atom is -0.312 e. The number of rotatable bonds is 4.